The third-order valence-electron chi connectivity index (χ3n) is 2.69. The molecule has 2 heterocycles. The summed E-state index contributed by atoms with van der Waals surface area (Å²) in [5.74, 6) is 0.115. The molecular weight excluding hydrogens is 190 g/mol. The summed E-state index contributed by atoms with van der Waals surface area (Å²) in [5.41, 5.74) is 0.271. The average Bonchev–Trinajstić information content (AvgIpc) is 2.56. The second kappa shape index (κ2) is 3.31. The van der Waals surface area contributed by atoms with E-state index >= 15 is 0 Å². The van der Waals surface area contributed by atoms with Gasteiger partial charge in [-0.2, -0.15) is 5.10 Å². The highest BCUT2D eigenvalue weighted by Gasteiger charge is 2.28. The van der Waals surface area contributed by atoms with Crippen LogP contribution in [0.3, 0.4) is 0 Å². The molecule has 5 heteroatoms. The predicted molar refractivity (Wildman–Crippen MR) is 45.9 cm³/mol. The Bertz CT molecular complexity index is 338. The summed E-state index contributed by atoms with van der Waals surface area (Å²) in [5, 5.41) is 13.5. The number of nitrogens with zero attached hydrogens (tertiary/aromatic N) is 2. The fourth-order valence-corrected chi connectivity index (χ4v) is 1.75. The molecule has 1 aliphatic heterocycles. The van der Waals surface area contributed by atoms with Crippen molar-refractivity contribution in [1.82, 2.24) is 9.78 Å². The van der Waals surface area contributed by atoms with Crippen LogP contribution in [0.2, 0.25) is 0 Å². The first-order valence-corrected chi connectivity index (χ1v) is 4.63. The number of alkyl halides is 2. The minimum atomic E-state index is -2.56. The molecule has 2 rings (SSSR count). The normalized spacial score (nSPS) is 26.6. The molecule has 1 aliphatic rings. The monoisotopic (exact) mass is 202 g/mol. The number of hydrogen-bond acceptors (Lipinski definition) is 2. The van der Waals surface area contributed by atoms with E-state index in [9.17, 15) is 13.9 Å². The molecule has 2 unspecified atom stereocenters. The van der Waals surface area contributed by atoms with E-state index in [0.717, 1.165) is 6.42 Å². The molecule has 1 aromatic heterocycles. The highest BCUT2D eigenvalue weighted by Crippen LogP contribution is 2.32. The number of aromatic nitrogens is 2. The molecule has 1 aromatic rings. The maximum Gasteiger partial charge on any atom is 0.282 e. The van der Waals surface area contributed by atoms with Crippen molar-refractivity contribution >= 4 is 0 Å². The van der Waals surface area contributed by atoms with Crippen LogP contribution in [0.15, 0.2) is 6.07 Å². The number of fused-ring (bicyclic) bond motifs is 1. The van der Waals surface area contributed by atoms with Crippen LogP contribution in [0, 0.1) is 5.92 Å². The molecular formula is C9H12F2N2O. The standard InChI is InChI=1S/C9H12F2N2O/c1-5-2-3-13-7(8(5)14)4-6(12-13)9(10)11/h4-5,8-9,14H,2-3H2,1H3. The topological polar surface area (TPSA) is 38.0 Å². The second-order valence-corrected chi connectivity index (χ2v) is 3.73. The Labute approximate surface area is 80.3 Å². The molecule has 78 valence electrons. The van der Waals surface area contributed by atoms with Crippen molar-refractivity contribution in [3.8, 4) is 0 Å². The van der Waals surface area contributed by atoms with Crippen LogP contribution in [0.25, 0.3) is 0 Å². The Morgan fingerprint density at radius 1 is 1.64 bits per heavy atom. The Morgan fingerprint density at radius 3 is 3.00 bits per heavy atom. The zero-order valence-corrected chi connectivity index (χ0v) is 7.82. The molecule has 0 saturated heterocycles. The van der Waals surface area contributed by atoms with Crippen molar-refractivity contribution < 1.29 is 13.9 Å². The number of hydrogen-bond donors (Lipinski definition) is 1. The van der Waals surface area contributed by atoms with Gasteiger partial charge >= 0.3 is 0 Å². The molecule has 3 nitrogen and oxygen atoms in total. The lowest BCUT2D eigenvalue weighted by Gasteiger charge is -2.25. The van der Waals surface area contributed by atoms with Crippen molar-refractivity contribution in [3.05, 3.63) is 17.5 Å². The van der Waals surface area contributed by atoms with E-state index in [-0.39, 0.29) is 11.6 Å². The van der Waals surface area contributed by atoms with E-state index in [0.29, 0.717) is 12.2 Å². The van der Waals surface area contributed by atoms with Crippen LogP contribution in [0.4, 0.5) is 8.78 Å². The molecule has 1 N–H and O–H groups in total. The van der Waals surface area contributed by atoms with E-state index in [1.54, 1.807) is 0 Å². The van der Waals surface area contributed by atoms with Gasteiger partial charge in [0, 0.05) is 6.54 Å². The molecule has 0 spiro atoms. The molecule has 0 saturated carbocycles. The largest absolute Gasteiger partial charge is 0.387 e. The smallest absolute Gasteiger partial charge is 0.282 e. The molecule has 14 heavy (non-hydrogen) atoms. The fourth-order valence-electron chi connectivity index (χ4n) is 1.75. The third kappa shape index (κ3) is 1.41. The van der Waals surface area contributed by atoms with Crippen molar-refractivity contribution in [2.75, 3.05) is 0 Å². The quantitative estimate of drug-likeness (QED) is 0.755. The van der Waals surface area contributed by atoms with Crippen LogP contribution < -0.4 is 0 Å². The SMILES string of the molecule is CC1CCn2nc(C(F)F)cc2C1O. The van der Waals surface area contributed by atoms with Gasteiger partial charge in [-0.05, 0) is 18.4 Å². The zero-order valence-electron chi connectivity index (χ0n) is 7.82. The highest BCUT2D eigenvalue weighted by atomic mass is 19.3. The van der Waals surface area contributed by atoms with Gasteiger partial charge in [-0.3, -0.25) is 4.68 Å². The van der Waals surface area contributed by atoms with E-state index in [1.165, 1.54) is 10.7 Å². The van der Waals surface area contributed by atoms with E-state index in [2.05, 4.69) is 5.10 Å². The van der Waals surface area contributed by atoms with Gasteiger partial charge in [-0.15, -0.1) is 0 Å². The van der Waals surface area contributed by atoms with Crippen molar-refractivity contribution in [3.63, 3.8) is 0 Å². The van der Waals surface area contributed by atoms with Crippen molar-refractivity contribution in [2.24, 2.45) is 5.92 Å². The lowest BCUT2D eigenvalue weighted by molar-refractivity contribution is 0.0823. The Balaban J connectivity index is 2.36. The van der Waals surface area contributed by atoms with Crippen LogP contribution in [-0.2, 0) is 6.54 Å². The lowest BCUT2D eigenvalue weighted by atomic mass is 9.95. The zero-order chi connectivity index (χ0) is 10.3. The summed E-state index contributed by atoms with van der Waals surface area (Å²) in [7, 11) is 0. The van der Waals surface area contributed by atoms with Crippen molar-refractivity contribution in [1.29, 1.82) is 0 Å². The lowest BCUT2D eigenvalue weighted by Crippen LogP contribution is -2.22. The van der Waals surface area contributed by atoms with Gasteiger partial charge in [0.25, 0.3) is 6.43 Å². The first-order valence-electron chi connectivity index (χ1n) is 4.63. The van der Waals surface area contributed by atoms with Gasteiger partial charge in [0.2, 0.25) is 0 Å². The van der Waals surface area contributed by atoms with Gasteiger partial charge in [-0.1, -0.05) is 6.92 Å². The van der Waals surface area contributed by atoms with Crippen LogP contribution >= 0.6 is 0 Å². The van der Waals surface area contributed by atoms with E-state index in [1.807, 2.05) is 6.92 Å². The van der Waals surface area contributed by atoms with Crippen LogP contribution in [0.1, 0.15) is 37.3 Å². The summed E-state index contributed by atoms with van der Waals surface area (Å²) < 4.78 is 26.1. The highest BCUT2D eigenvalue weighted by molar-refractivity contribution is 5.16. The minimum absolute atomic E-state index is 0.115. The third-order valence-corrected chi connectivity index (χ3v) is 2.69. The van der Waals surface area contributed by atoms with Crippen LogP contribution in [-0.4, -0.2) is 14.9 Å². The van der Waals surface area contributed by atoms with Gasteiger partial charge < -0.3 is 5.11 Å². The molecule has 0 radical (unpaired) electrons. The number of aliphatic hydroxyl groups excluding tert-OH is 1. The van der Waals surface area contributed by atoms with Gasteiger partial charge in [0.05, 0.1) is 11.8 Å². The van der Waals surface area contributed by atoms with Gasteiger partial charge in [0.1, 0.15) is 5.69 Å². The molecule has 0 amide bonds. The number of rotatable bonds is 1. The van der Waals surface area contributed by atoms with Crippen LogP contribution in [0.5, 0.6) is 0 Å². The van der Waals surface area contributed by atoms with Gasteiger partial charge in [0.15, 0.2) is 0 Å². The molecule has 0 aromatic carbocycles. The summed E-state index contributed by atoms with van der Waals surface area (Å²) >= 11 is 0. The maximum atomic E-state index is 12.3. The Hall–Kier alpha value is -0.970. The average molecular weight is 202 g/mol. The minimum Gasteiger partial charge on any atom is -0.387 e. The predicted octanol–water partition coefficient (Wildman–Crippen LogP) is 1.89. The maximum absolute atomic E-state index is 12.3. The summed E-state index contributed by atoms with van der Waals surface area (Å²) in [4.78, 5) is 0. The molecule has 2 atom stereocenters. The molecule has 0 fully saturated rings. The van der Waals surface area contributed by atoms with E-state index < -0.39 is 12.5 Å². The van der Waals surface area contributed by atoms with Crippen molar-refractivity contribution in [2.45, 2.75) is 32.4 Å². The summed E-state index contributed by atoms with van der Waals surface area (Å²) in [6, 6.07) is 1.30. The van der Waals surface area contributed by atoms with E-state index in [4.69, 9.17) is 0 Å². The Morgan fingerprint density at radius 2 is 2.36 bits per heavy atom. The number of aryl methyl sites for hydroxylation is 1. The molecule has 0 aliphatic carbocycles. The Kier molecular flexibility index (Phi) is 2.26. The molecule has 0 bridgehead atoms. The number of halogens is 2. The second-order valence-electron chi connectivity index (χ2n) is 3.73. The summed E-state index contributed by atoms with van der Waals surface area (Å²) in [6.07, 6.45) is -2.45. The first kappa shape index (κ1) is 9.58. The number of aliphatic hydroxyl groups is 1. The van der Waals surface area contributed by atoms with Gasteiger partial charge in [-0.25, -0.2) is 8.78 Å². The first-order chi connectivity index (χ1) is 6.59. The summed E-state index contributed by atoms with van der Waals surface area (Å²) in [6.45, 7) is 2.52. The fraction of sp³-hybridized carbons (Fsp3) is 0.667.